The van der Waals surface area contributed by atoms with Crippen LogP contribution in [0.1, 0.15) is 25.8 Å². The average molecular weight is 265 g/mol. The molecule has 0 aliphatic heterocycles. The highest BCUT2D eigenvalue weighted by Crippen LogP contribution is 2.25. The summed E-state index contributed by atoms with van der Waals surface area (Å²) in [6.45, 7) is 5.56. The standard InChI is InChI=1S/C13H19N3O3/c1-4-9(3)12(14)13(17)15-10-6-5-8(2)7-11(10)16(18)19/h5-7,9,12H,4,14H2,1-3H3,(H,15,17). The van der Waals surface area contributed by atoms with Crippen LogP contribution >= 0.6 is 0 Å². The maximum Gasteiger partial charge on any atom is 0.293 e. The van der Waals surface area contributed by atoms with Crippen molar-refractivity contribution in [1.82, 2.24) is 0 Å². The molecule has 0 heterocycles. The summed E-state index contributed by atoms with van der Waals surface area (Å²) in [4.78, 5) is 22.3. The Morgan fingerprint density at radius 3 is 2.68 bits per heavy atom. The van der Waals surface area contributed by atoms with Gasteiger partial charge in [0.05, 0.1) is 11.0 Å². The van der Waals surface area contributed by atoms with Gasteiger partial charge < -0.3 is 11.1 Å². The van der Waals surface area contributed by atoms with E-state index in [1.165, 1.54) is 12.1 Å². The second-order valence-electron chi connectivity index (χ2n) is 4.68. The van der Waals surface area contributed by atoms with Gasteiger partial charge in [-0.05, 0) is 24.5 Å². The smallest absolute Gasteiger partial charge is 0.293 e. The molecule has 0 bridgehead atoms. The lowest BCUT2D eigenvalue weighted by molar-refractivity contribution is -0.384. The number of rotatable bonds is 5. The molecule has 0 spiro atoms. The summed E-state index contributed by atoms with van der Waals surface area (Å²) in [7, 11) is 0. The Hall–Kier alpha value is -1.95. The van der Waals surface area contributed by atoms with E-state index in [2.05, 4.69) is 5.32 Å². The summed E-state index contributed by atoms with van der Waals surface area (Å²) < 4.78 is 0. The Morgan fingerprint density at radius 1 is 1.53 bits per heavy atom. The van der Waals surface area contributed by atoms with Gasteiger partial charge in [0.15, 0.2) is 0 Å². The van der Waals surface area contributed by atoms with Crippen molar-refractivity contribution < 1.29 is 9.72 Å². The first kappa shape index (κ1) is 15.1. The quantitative estimate of drug-likeness (QED) is 0.630. The van der Waals surface area contributed by atoms with Crippen molar-refractivity contribution in [2.24, 2.45) is 11.7 Å². The minimum atomic E-state index is -0.675. The molecule has 6 nitrogen and oxygen atoms in total. The van der Waals surface area contributed by atoms with E-state index in [1.54, 1.807) is 13.0 Å². The molecule has 1 aromatic rings. The number of carbonyl (C=O) groups is 1. The SMILES string of the molecule is CCC(C)C(N)C(=O)Nc1ccc(C)cc1[N+](=O)[O-]. The molecular formula is C13H19N3O3. The Kier molecular flexibility index (Phi) is 5.00. The Labute approximate surface area is 112 Å². The van der Waals surface area contributed by atoms with Crippen LogP contribution in [0.2, 0.25) is 0 Å². The summed E-state index contributed by atoms with van der Waals surface area (Å²) in [5.74, 6) is -0.384. The van der Waals surface area contributed by atoms with Crippen LogP contribution in [0.15, 0.2) is 18.2 Å². The van der Waals surface area contributed by atoms with Crippen LogP contribution in [0.3, 0.4) is 0 Å². The Balaban J connectivity index is 2.94. The van der Waals surface area contributed by atoms with E-state index < -0.39 is 16.9 Å². The molecule has 0 aliphatic carbocycles. The number of hydrogen-bond acceptors (Lipinski definition) is 4. The fourth-order valence-corrected chi connectivity index (χ4v) is 1.63. The number of hydrogen-bond donors (Lipinski definition) is 2. The van der Waals surface area contributed by atoms with Gasteiger partial charge >= 0.3 is 0 Å². The first-order valence-corrected chi connectivity index (χ1v) is 6.18. The van der Waals surface area contributed by atoms with Gasteiger partial charge in [-0.15, -0.1) is 0 Å². The summed E-state index contributed by atoms with van der Waals surface area (Å²) in [5, 5.41) is 13.5. The third-order valence-electron chi connectivity index (χ3n) is 3.17. The van der Waals surface area contributed by atoms with Crippen molar-refractivity contribution in [3.63, 3.8) is 0 Å². The van der Waals surface area contributed by atoms with Crippen molar-refractivity contribution in [3.05, 3.63) is 33.9 Å². The number of amides is 1. The van der Waals surface area contributed by atoms with Gasteiger partial charge in [-0.2, -0.15) is 0 Å². The van der Waals surface area contributed by atoms with E-state index in [-0.39, 0.29) is 17.3 Å². The average Bonchev–Trinajstić information content (AvgIpc) is 2.38. The van der Waals surface area contributed by atoms with Crippen molar-refractivity contribution in [3.8, 4) is 0 Å². The molecule has 2 atom stereocenters. The lowest BCUT2D eigenvalue weighted by Crippen LogP contribution is -2.40. The highest BCUT2D eigenvalue weighted by atomic mass is 16.6. The number of nitrogens with one attached hydrogen (secondary N) is 1. The number of nitro benzene ring substituents is 1. The van der Waals surface area contributed by atoms with Gasteiger partial charge in [-0.3, -0.25) is 14.9 Å². The Bertz CT molecular complexity index is 488. The molecule has 104 valence electrons. The predicted octanol–water partition coefficient (Wildman–Crippen LogP) is 2.22. The third kappa shape index (κ3) is 3.75. The zero-order valence-corrected chi connectivity index (χ0v) is 11.3. The van der Waals surface area contributed by atoms with E-state index >= 15 is 0 Å². The minimum Gasteiger partial charge on any atom is -0.320 e. The molecule has 2 unspecified atom stereocenters. The second kappa shape index (κ2) is 6.29. The molecular weight excluding hydrogens is 246 g/mol. The largest absolute Gasteiger partial charge is 0.320 e. The lowest BCUT2D eigenvalue weighted by Gasteiger charge is -2.17. The topological polar surface area (TPSA) is 98.3 Å². The summed E-state index contributed by atoms with van der Waals surface area (Å²) in [6, 6.07) is 3.97. The predicted molar refractivity (Wildman–Crippen MR) is 73.9 cm³/mol. The first-order chi connectivity index (χ1) is 8.86. The maximum atomic E-state index is 11.9. The van der Waals surface area contributed by atoms with E-state index in [9.17, 15) is 14.9 Å². The highest BCUT2D eigenvalue weighted by Gasteiger charge is 2.22. The Morgan fingerprint density at radius 2 is 2.16 bits per heavy atom. The molecule has 0 saturated carbocycles. The van der Waals surface area contributed by atoms with Gasteiger partial charge in [-0.25, -0.2) is 0 Å². The third-order valence-corrected chi connectivity index (χ3v) is 3.17. The molecule has 3 N–H and O–H groups in total. The van der Waals surface area contributed by atoms with E-state index in [1.807, 2.05) is 13.8 Å². The van der Waals surface area contributed by atoms with Gasteiger partial charge in [-0.1, -0.05) is 26.3 Å². The summed E-state index contributed by atoms with van der Waals surface area (Å²) in [6.07, 6.45) is 0.768. The molecule has 1 aromatic carbocycles. The highest BCUT2D eigenvalue weighted by molar-refractivity contribution is 5.96. The molecule has 1 amide bonds. The van der Waals surface area contributed by atoms with Crippen LogP contribution in [0.5, 0.6) is 0 Å². The van der Waals surface area contributed by atoms with Gasteiger partial charge in [0, 0.05) is 6.07 Å². The molecule has 0 aliphatic rings. The fraction of sp³-hybridized carbons (Fsp3) is 0.462. The van der Waals surface area contributed by atoms with Crippen LogP contribution in [0.4, 0.5) is 11.4 Å². The van der Waals surface area contributed by atoms with Crippen LogP contribution in [-0.2, 0) is 4.79 Å². The monoisotopic (exact) mass is 265 g/mol. The molecule has 6 heteroatoms. The summed E-state index contributed by atoms with van der Waals surface area (Å²) >= 11 is 0. The molecule has 0 saturated heterocycles. The normalized spacial score (nSPS) is 13.7. The van der Waals surface area contributed by atoms with Crippen LogP contribution in [0.25, 0.3) is 0 Å². The zero-order chi connectivity index (χ0) is 14.6. The van der Waals surface area contributed by atoms with E-state index in [0.717, 1.165) is 12.0 Å². The number of nitrogens with two attached hydrogens (primary N) is 1. The molecule has 0 radical (unpaired) electrons. The van der Waals surface area contributed by atoms with Gasteiger partial charge in [0.1, 0.15) is 5.69 Å². The number of benzene rings is 1. The molecule has 0 aromatic heterocycles. The summed E-state index contributed by atoms with van der Waals surface area (Å²) in [5.41, 5.74) is 6.61. The van der Waals surface area contributed by atoms with Crippen LogP contribution < -0.4 is 11.1 Å². The molecule has 0 fully saturated rings. The molecule has 19 heavy (non-hydrogen) atoms. The van der Waals surface area contributed by atoms with Crippen molar-refractivity contribution >= 4 is 17.3 Å². The van der Waals surface area contributed by atoms with Crippen molar-refractivity contribution in [2.75, 3.05) is 5.32 Å². The van der Waals surface area contributed by atoms with Crippen LogP contribution in [0, 0.1) is 23.0 Å². The second-order valence-corrected chi connectivity index (χ2v) is 4.68. The van der Waals surface area contributed by atoms with E-state index in [4.69, 9.17) is 5.73 Å². The number of carbonyl (C=O) groups excluding carboxylic acids is 1. The zero-order valence-electron chi connectivity index (χ0n) is 11.3. The number of anilines is 1. The van der Waals surface area contributed by atoms with Gasteiger partial charge in [0.2, 0.25) is 5.91 Å². The van der Waals surface area contributed by atoms with Gasteiger partial charge in [0.25, 0.3) is 5.69 Å². The minimum absolute atomic E-state index is 0.0181. The van der Waals surface area contributed by atoms with Crippen molar-refractivity contribution in [2.45, 2.75) is 33.2 Å². The number of nitro groups is 1. The number of nitrogens with zero attached hydrogens (tertiary/aromatic N) is 1. The maximum absolute atomic E-state index is 11.9. The van der Waals surface area contributed by atoms with E-state index in [0.29, 0.717) is 0 Å². The van der Waals surface area contributed by atoms with Crippen LogP contribution in [-0.4, -0.2) is 16.9 Å². The first-order valence-electron chi connectivity index (χ1n) is 6.18. The fourth-order valence-electron chi connectivity index (χ4n) is 1.63. The lowest BCUT2D eigenvalue weighted by atomic mass is 9.99. The molecule has 1 rings (SSSR count). The van der Waals surface area contributed by atoms with Crippen molar-refractivity contribution in [1.29, 1.82) is 0 Å². The number of aryl methyl sites for hydroxylation is 1.